The first-order chi connectivity index (χ1) is 8.99. The van der Waals surface area contributed by atoms with Crippen LogP contribution in [0.1, 0.15) is 19.3 Å². The largest absolute Gasteiger partial charge is 0.377 e. The van der Waals surface area contributed by atoms with Crippen molar-refractivity contribution in [3.05, 3.63) is 27.7 Å². The number of rotatable bonds is 4. The molecule has 1 aliphatic rings. The van der Waals surface area contributed by atoms with Crippen LogP contribution in [0.4, 0.5) is 0 Å². The number of hydrogen-bond donors (Lipinski definition) is 1. The van der Waals surface area contributed by atoms with Crippen LogP contribution in [0.15, 0.2) is 27.6 Å². The lowest BCUT2D eigenvalue weighted by Gasteiger charge is -2.22. The van der Waals surface area contributed by atoms with Crippen LogP contribution in [0.2, 0.25) is 5.02 Å². The van der Waals surface area contributed by atoms with E-state index in [1.165, 1.54) is 6.07 Å². The topological polar surface area (TPSA) is 55.4 Å². The van der Waals surface area contributed by atoms with Gasteiger partial charge < -0.3 is 4.74 Å². The lowest BCUT2D eigenvalue weighted by atomic mass is 10.1. The molecule has 1 heterocycles. The fourth-order valence-corrected chi connectivity index (χ4v) is 4.04. The fraction of sp³-hybridized carbons (Fsp3) is 0.500. The number of benzene rings is 1. The van der Waals surface area contributed by atoms with Crippen LogP contribution < -0.4 is 4.72 Å². The zero-order valence-corrected chi connectivity index (χ0v) is 13.4. The Balaban J connectivity index is 2.05. The maximum atomic E-state index is 12.1. The van der Waals surface area contributed by atoms with Gasteiger partial charge in [0.1, 0.15) is 4.90 Å². The molecule has 1 aromatic carbocycles. The van der Waals surface area contributed by atoms with Gasteiger partial charge in [-0.3, -0.25) is 0 Å². The summed E-state index contributed by atoms with van der Waals surface area (Å²) >= 11 is 9.20. The third kappa shape index (κ3) is 4.16. The van der Waals surface area contributed by atoms with Crippen molar-refractivity contribution < 1.29 is 13.2 Å². The Hall–Kier alpha value is -0.140. The highest BCUT2D eigenvalue weighted by atomic mass is 79.9. The van der Waals surface area contributed by atoms with E-state index < -0.39 is 10.0 Å². The van der Waals surface area contributed by atoms with Crippen LogP contribution in [0, 0.1) is 0 Å². The van der Waals surface area contributed by atoms with Gasteiger partial charge in [0.05, 0.1) is 11.1 Å². The molecule has 1 atom stereocenters. The highest BCUT2D eigenvalue weighted by Crippen LogP contribution is 2.25. The quantitative estimate of drug-likeness (QED) is 0.889. The summed E-state index contributed by atoms with van der Waals surface area (Å²) in [5, 5.41) is 0.200. The Bertz CT molecular complexity index is 544. The molecular weight excluding hydrogens is 354 g/mol. The number of ether oxygens (including phenoxy) is 1. The Morgan fingerprint density at radius 2 is 2.21 bits per heavy atom. The highest BCUT2D eigenvalue weighted by Gasteiger charge is 2.21. The molecule has 2 rings (SSSR count). The molecule has 4 nitrogen and oxygen atoms in total. The van der Waals surface area contributed by atoms with Crippen molar-refractivity contribution in [3.63, 3.8) is 0 Å². The van der Waals surface area contributed by atoms with Crippen molar-refractivity contribution in [1.29, 1.82) is 0 Å². The van der Waals surface area contributed by atoms with Gasteiger partial charge in [-0.2, -0.15) is 0 Å². The second kappa shape index (κ2) is 6.54. The summed E-state index contributed by atoms with van der Waals surface area (Å²) in [5.41, 5.74) is 0. The van der Waals surface area contributed by atoms with Gasteiger partial charge in [-0.25, -0.2) is 13.1 Å². The van der Waals surface area contributed by atoms with Gasteiger partial charge in [-0.1, -0.05) is 27.5 Å². The molecule has 0 aromatic heterocycles. The van der Waals surface area contributed by atoms with E-state index in [1.807, 2.05) is 0 Å². The van der Waals surface area contributed by atoms with E-state index in [0.29, 0.717) is 6.61 Å². The van der Waals surface area contributed by atoms with Crippen LogP contribution in [0.5, 0.6) is 0 Å². The van der Waals surface area contributed by atoms with E-state index in [-0.39, 0.29) is 22.6 Å². The summed E-state index contributed by atoms with van der Waals surface area (Å²) in [4.78, 5) is 0.0909. The van der Waals surface area contributed by atoms with E-state index >= 15 is 0 Å². The lowest BCUT2D eigenvalue weighted by Crippen LogP contribution is -2.35. The maximum Gasteiger partial charge on any atom is 0.242 e. The van der Waals surface area contributed by atoms with Crippen LogP contribution in [-0.2, 0) is 14.8 Å². The number of sulfonamides is 1. The third-order valence-electron chi connectivity index (χ3n) is 2.96. The van der Waals surface area contributed by atoms with Crippen molar-refractivity contribution in [2.75, 3.05) is 13.2 Å². The Kier molecular flexibility index (Phi) is 5.25. The first kappa shape index (κ1) is 15.3. The number of hydrogen-bond acceptors (Lipinski definition) is 3. The summed E-state index contributed by atoms with van der Waals surface area (Å²) in [7, 11) is -3.59. The summed E-state index contributed by atoms with van der Waals surface area (Å²) in [6, 6.07) is 4.70. The van der Waals surface area contributed by atoms with Gasteiger partial charge in [0.15, 0.2) is 0 Å². The molecule has 106 valence electrons. The monoisotopic (exact) mass is 367 g/mol. The Labute approximate surface area is 126 Å². The number of nitrogens with one attached hydrogen (secondary N) is 1. The fourth-order valence-electron chi connectivity index (χ4n) is 1.94. The molecule has 1 unspecified atom stereocenters. The van der Waals surface area contributed by atoms with Gasteiger partial charge >= 0.3 is 0 Å². The number of halogens is 2. The van der Waals surface area contributed by atoms with Gasteiger partial charge in [0.2, 0.25) is 10.0 Å². The van der Waals surface area contributed by atoms with Gasteiger partial charge in [-0.05, 0) is 37.5 Å². The molecule has 0 saturated carbocycles. The molecule has 1 fully saturated rings. The molecule has 0 radical (unpaired) electrons. The van der Waals surface area contributed by atoms with Gasteiger partial charge in [0.25, 0.3) is 0 Å². The van der Waals surface area contributed by atoms with Gasteiger partial charge in [0, 0.05) is 17.6 Å². The summed E-state index contributed by atoms with van der Waals surface area (Å²) in [5.74, 6) is 0. The molecule has 7 heteroatoms. The second-order valence-corrected chi connectivity index (χ2v) is 7.47. The minimum Gasteiger partial charge on any atom is -0.377 e. The Morgan fingerprint density at radius 1 is 1.42 bits per heavy atom. The standard InChI is InChI=1S/C12H15BrClNO3S/c13-9-4-5-12(11(14)7-9)19(16,17)15-8-10-3-1-2-6-18-10/h4-5,7,10,15H,1-3,6,8H2. The molecular formula is C12H15BrClNO3S. The molecule has 1 aliphatic heterocycles. The first-order valence-electron chi connectivity index (χ1n) is 6.05. The van der Waals surface area contributed by atoms with Gasteiger partial charge in [-0.15, -0.1) is 0 Å². The van der Waals surface area contributed by atoms with Crippen molar-refractivity contribution in [2.24, 2.45) is 0 Å². The highest BCUT2D eigenvalue weighted by molar-refractivity contribution is 9.10. The van der Waals surface area contributed by atoms with Crippen molar-refractivity contribution in [1.82, 2.24) is 4.72 Å². The summed E-state index contributed by atoms with van der Waals surface area (Å²) < 4.78 is 33.1. The van der Waals surface area contributed by atoms with E-state index in [4.69, 9.17) is 16.3 Å². The molecule has 1 N–H and O–H groups in total. The summed E-state index contributed by atoms with van der Waals surface area (Å²) in [6.07, 6.45) is 2.96. The minimum atomic E-state index is -3.59. The molecule has 0 aliphatic carbocycles. The SMILES string of the molecule is O=S(=O)(NCC1CCCCO1)c1ccc(Br)cc1Cl. The van der Waals surface area contributed by atoms with Crippen LogP contribution >= 0.6 is 27.5 Å². The van der Waals surface area contributed by atoms with Crippen LogP contribution in [0.3, 0.4) is 0 Å². The maximum absolute atomic E-state index is 12.1. The van der Waals surface area contributed by atoms with Crippen molar-refractivity contribution in [3.8, 4) is 0 Å². The molecule has 1 aromatic rings. The Morgan fingerprint density at radius 3 is 2.84 bits per heavy atom. The van der Waals surface area contributed by atoms with E-state index in [2.05, 4.69) is 20.7 Å². The zero-order chi connectivity index (χ0) is 13.9. The average Bonchev–Trinajstić information content (AvgIpc) is 2.37. The average molecular weight is 369 g/mol. The molecule has 1 saturated heterocycles. The van der Waals surface area contributed by atoms with E-state index in [9.17, 15) is 8.42 Å². The predicted molar refractivity (Wildman–Crippen MR) is 77.9 cm³/mol. The first-order valence-corrected chi connectivity index (χ1v) is 8.71. The van der Waals surface area contributed by atoms with Crippen LogP contribution in [0.25, 0.3) is 0 Å². The molecule has 0 bridgehead atoms. The minimum absolute atomic E-state index is 0.0438. The predicted octanol–water partition coefficient (Wildman–Crippen LogP) is 2.95. The van der Waals surface area contributed by atoms with Crippen LogP contribution in [-0.4, -0.2) is 27.7 Å². The molecule has 0 spiro atoms. The van der Waals surface area contributed by atoms with E-state index in [0.717, 1.165) is 23.7 Å². The smallest absolute Gasteiger partial charge is 0.242 e. The molecule has 0 amide bonds. The van der Waals surface area contributed by atoms with E-state index in [1.54, 1.807) is 12.1 Å². The second-order valence-electron chi connectivity index (χ2n) is 4.42. The molecule has 19 heavy (non-hydrogen) atoms. The normalized spacial score (nSPS) is 20.4. The zero-order valence-electron chi connectivity index (χ0n) is 10.2. The third-order valence-corrected chi connectivity index (χ3v) is 5.36. The van der Waals surface area contributed by atoms with Crippen molar-refractivity contribution in [2.45, 2.75) is 30.3 Å². The van der Waals surface area contributed by atoms with Crippen molar-refractivity contribution >= 4 is 37.6 Å². The summed E-state index contributed by atoms with van der Waals surface area (Å²) in [6.45, 7) is 0.986. The lowest BCUT2D eigenvalue weighted by molar-refractivity contribution is 0.0200.